The monoisotopic (exact) mass is 208 g/mol. The van der Waals surface area contributed by atoms with Crippen LogP contribution in [0.1, 0.15) is 15.9 Å². The van der Waals surface area contributed by atoms with E-state index in [4.69, 9.17) is 15.7 Å². The molecule has 1 aromatic carbocycles. The number of nitrogens with zero attached hydrogens (tertiary/aromatic N) is 1. The number of hydrogen-bond donors (Lipinski definition) is 2. The zero-order valence-corrected chi connectivity index (χ0v) is 8.09. The molecule has 0 bridgehead atoms. The third-order valence-electron chi connectivity index (χ3n) is 1.63. The van der Waals surface area contributed by atoms with Gasteiger partial charge in [-0.05, 0) is 17.7 Å². The summed E-state index contributed by atoms with van der Waals surface area (Å²) in [6, 6.07) is 6.69. The van der Waals surface area contributed by atoms with Crippen LogP contribution in [0.15, 0.2) is 29.4 Å². The van der Waals surface area contributed by atoms with Crippen molar-refractivity contribution in [2.24, 2.45) is 10.9 Å². The minimum atomic E-state index is -0.485. The maximum atomic E-state index is 10.8. The van der Waals surface area contributed by atoms with Gasteiger partial charge in [0, 0.05) is 5.56 Å². The number of amides is 1. The SMILES string of the molecule is NC(=O)c1cccc(C=NOCCO)c1. The number of oxime groups is 1. The number of carbonyl (C=O) groups is 1. The Labute approximate surface area is 87.1 Å². The summed E-state index contributed by atoms with van der Waals surface area (Å²) >= 11 is 0. The standard InChI is InChI=1S/C10H12N2O3/c11-10(14)9-3-1-2-8(6-9)7-12-15-5-4-13/h1-3,6-7,13H,4-5H2,(H2,11,14). The van der Waals surface area contributed by atoms with E-state index < -0.39 is 5.91 Å². The second kappa shape index (κ2) is 5.77. The van der Waals surface area contributed by atoms with Gasteiger partial charge in [0.25, 0.3) is 0 Å². The van der Waals surface area contributed by atoms with Gasteiger partial charge in [0.1, 0.15) is 6.61 Å². The van der Waals surface area contributed by atoms with Gasteiger partial charge in [0.2, 0.25) is 5.91 Å². The molecule has 0 saturated carbocycles. The lowest BCUT2D eigenvalue weighted by molar-refractivity contribution is 0.0997. The Morgan fingerprint density at radius 1 is 1.60 bits per heavy atom. The topological polar surface area (TPSA) is 84.9 Å². The van der Waals surface area contributed by atoms with Crippen molar-refractivity contribution in [3.05, 3.63) is 35.4 Å². The van der Waals surface area contributed by atoms with Crippen molar-refractivity contribution in [3.63, 3.8) is 0 Å². The van der Waals surface area contributed by atoms with Crippen molar-refractivity contribution in [1.29, 1.82) is 0 Å². The Kier molecular flexibility index (Phi) is 4.30. The molecule has 1 amide bonds. The second-order valence-corrected chi connectivity index (χ2v) is 2.78. The molecule has 0 fully saturated rings. The number of aliphatic hydroxyl groups excluding tert-OH is 1. The molecule has 0 aliphatic carbocycles. The molecule has 80 valence electrons. The summed E-state index contributed by atoms with van der Waals surface area (Å²) in [5.41, 5.74) is 6.24. The number of hydrogen-bond acceptors (Lipinski definition) is 4. The molecule has 0 atom stereocenters. The van der Waals surface area contributed by atoms with E-state index in [1.807, 2.05) is 0 Å². The molecule has 1 aromatic rings. The van der Waals surface area contributed by atoms with Crippen LogP contribution in [0.25, 0.3) is 0 Å². The number of nitrogens with two attached hydrogens (primary N) is 1. The Balaban J connectivity index is 2.65. The van der Waals surface area contributed by atoms with Crippen molar-refractivity contribution in [2.75, 3.05) is 13.2 Å². The third kappa shape index (κ3) is 3.78. The summed E-state index contributed by atoms with van der Waals surface area (Å²) in [4.78, 5) is 15.5. The molecule has 0 aromatic heterocycles. The van der Waals surface area contributed by atoms with Crippen LogP contribution < -0.4 is 5.73 Å². The minimum Gasteiger partial charge on any atom is -0.393 e. The van der Waals surface area contributed by atoms with E-state index in [0.717, 1.165) is 0 Å². The third-order valence-corrected chi connectivity index (χ3v) is 1.63. The van der Waals surface area contributed by atoms with Crippen molar-refractivity contribution in [1.82, 2.24) is 0 Å². The largest absolute Gasteiger partial charge is 0.393 e. The molecule has 3 N–H and O–H groups in total. The molecule has 0 unspecified atom stereocenters. The molecule has 0 aliphatic heterocycles. The first-order chi connectivity index (χ1) is 7.24. The van der Waals surface area contributed by atoms with Gasteiger partial charge in [-0.1, -0.05) is 17.3 Å². The minimum absolute atomic E-state index is 0.0847. The maximum absolute atomic E-state index is 10.8. The van der Waals surface area contributed by atoms with E-state index in [9.17, 15) is 4.79 Å². The van der Waals surface area contributed by atoms with Crippen LogP contribution >= 0.6 is 0 Å². The van der Waals surface area contributed by atoms with Crippen LogP contribution in [0, 0.1) is 0 Å². The van der Waals surface area contributed by atoms with Gasteiger partial charge in [0.15, 0.2) is 0 Å². The van der Waals surface area contributed by atoms with Gasteiger partial charge in [-0.2, -0.15) is 0 Å². The van der Waals surface area contributed by atoms with E-state index in [0.29, 0.717) is 11.1 Å². The summed E-state index contributed by atoms with van der Waals surface area (Å²) in [5, 5.41) is 12.0. The molecule has 1 rings (SSSR count). The quantitative estimate of drug-likeness (QED) is 0.409. The van der Waals surface area contributed by atoms with Gasteiger partial charge in [0.05, 0.1) is 12.8 Å². The lowest BCUT2D eigenvalue weighted by Crippen LogP contribution is -2.10. The van der Waals surface area contributed by atoms with Gasteiger partial charge >= 0.3 is 0 Å². The summed E-state index contributed by atoms with van der Waals surface area (Å²) < 4.78 is 0. The predicted molar refractivity (Wildman–Crippen MR) is 55.6 cm³/mol. The van der Waals surface area contributed by atoms with E-state index in [-0.39, 0.29) is 13.2 Å². The Hall–Kier alpha value is -1.88. The van der Waals surface area contributed by atoms with Crippen LogP contribution in [0.3, 0.4) is 0 Å². The van der Waals surface area contributed by atoms with E-state index >= 15 is 0 Å². The first kappa shape index (κ1) is 11.2. The average Bonchev–Trinajstić information content (AvgIpc) is 2.25. The van der Waals surface area contributed by atoms with Crippen LogP contribution in [-0.2, 0) is 4.84 Å². The highest BCUT2D eigenvalue weighted by Gasteiger charge is 1.99. The molecular formula is C10H12N2O3. The fourth-order valence-electron chi connectivity index (χ4n) is 0.964. The van der Waals surface area contributed by atoms with Crippen molar-refractivity contribution < 1.29 is 14.7 Å². The van der Waals surface area contributed by atoms with Crippen molar-refractivity contribution >= 4 is 12.1 Å². The predicted octanol–water partition coefficient (Wildman–Crippen LogP) is 0.128. The van der Waals surface area contributed by atoms with Gasteiger partial charge in [-0.3, -0.25) is 4.79 Å². The molecule has 0 saturated heterocycles. The molecule has 0 radical (unpaired) electrons. The summed E-state index contributed by atoms with van der Waals surface area (Å²) in [6.45, 7) is 0.0602. The number of carbonyl (C=O) groups excluding carboxylic acids is 1. The molecule has 5 nitrogen and oxygen atoms in total. The summed E-state index contributed by atoms with van der Waals surface area (Å²) in [7, 11) is 0. The summed E-state index contributed by atoms with van der Waals surface area (Å²) in [6.07, 6.45) is 1.45. The fourth-order valence-corrected chi connectivity index (χ4v) is 0.964. The highest BCUT2D eigenvalue weighted by atomic mass is 16.6. The fraction of sp³-hybridized carbons (Fsp3) is 0.200. The zero-order valence-electron chi connectivity index (χ0n) is 8.09. The van der Waals surface area contributed by atoms with E-state index in [1.54, 1.807) is 24.3 Å². The highest BCUT2D eigenvalue weighted by molar-refractivity contribution is 5.94. The molecule has 15 heavy (non-hydrogen) atoms. The highest BCUT2D eigenvalue weighted by Crippen LogP contribution is 2.02. The van der Waals surface area contributed by atoms with Crippen LogP contribution in [0.4, 0.5) is 0 Å². The summed E-state index contributed by atoms with van der Waals surface area (Å²) in [5.74, 6) is -0.485. The Bertz CT molecular complexity index is 363. The molecular weight excluding hydrogens is 196 g/mol. The number of primary amides is 1. The van der Waals surface area contributed by atoms with E-state index in [2.05, 4.69) is 5.16 Å². The zero-order chi connectivity index (χ0) is 11.1. The smallest absolute Gasteiger partial charge is 0.248 e. The van der Waals surface area contributed by atoms with Crippen LogP contribution in [-0.4, -0.2) is 30.4 Å². The van der Waals surface area contributed by atoms with E-state index in [1.165, 1.54) is 6.21 Å². The van der Waals surface area contributed by atoms with Crippen LogP contribution in [0.2, 0.25) is 0 Å². The van der Waals surface area contributed by atoms with Gasteiger partial charge < -0.3 is 15.7 Å². The first-order valence-corrected chi connectivity index (χ1v) is 4.40. The van der Waals surface area contributed by atoms with Crippen LogP contribution in [0.5, 0.6) is 0 Å². The molecule has 0 spiro atoms. The maximum Gasteiger partial charge on any atom is 0.248 e. The van der Waals surface area contributed by atoms with Crippen molar-refractivity contribution in [2.45, 2.75) is 0 Å². The number of benzene rings is 1. The Morgan fingerprint density at radius 2 is 2.40 bits per heavy atom. The van der Waals surface area contributed by atoms with Gasteiger partial charge in [-0.15, -0.1) is 0 Å². The molecule has 0 aliphatic rings. The van der Waals surface area contributed by atoms with Crippen molar-refractivity contribution in [3.8, 4) is 0 Å². The van der Waals surface area contributed by atoms with Gasteiger partial charge in [-0.25, -0.2) is 0 Å². The average molecular weight is 208 g/mol. The second-order valence-electron chi connectivity index (χ2n) is 2.78. The first-order valence-electron chi connectivity index (χ1n) is 4.40. The number of aliphatic hydroxyl groups is 1. The normalized spacial score (nSPS) is 10.5. The Morgan fingerprint density at radius 3 is 3.07 bits per heavy atom. The molecule has 5 heteroatoms. The lowest BCUT2D eigenvalue weighted by atomic mass is 10.1. The lowest BCUT2D eigenvalue weighted by Gasteiger charge is -1.97. The molecule has 0 heterocycles. The number of rotatable bonds is 5.